The lowest BCUT2D eigenvalue weighted by Crippen LogP contribution is -2.55. The molecule has 1 aromatic rings. The molecule has 0 aromatic carbocycles. The van der Waals surface area contributed by atoms with Crippen molar-refractivity contribution in [2.45, 2.75) is 82.1 Å². The van der Waals surface area contributed by atoms with E-state index in [2.05, 4.69) is 24.9 Å². The SMILES string of the molecule is Cn1ccnc1SCC1(O)CCC2C3CCC4=CC(O)CCC4(C)C3CCC21C. The molecule has 7 unspecified atom stereocenters. The average Bonchev–Trinajstić information content (AvgIpc) is 3.22. The van der Waals surface area contributed by atoms with Crippen LogP contribution in [0.4, 0.5) is 0 Å². The molecule has 4 nitrogen and oxygen atoms in total. The maximum Gasteiger partial charge on any atom is 0.167 e. The topological polar surface area (TPSA) is 58.3 Å². The predicted octanol–water partition coefficient (Wildman–Crippen LogP) is 4.57. The minimum Gasteiger partial charge on any atom is -0.389 e. The van der Waals surface area contributed by atoms with Gasteiger partial charge in [0.15, 0.2) is 5.16 Å². The quantitative estimate of drug-likeness (QED) is 0.560. The van der Waals surface area contributed by atoms with Crippen molar-refractivity contribution in [1.82, 2.24) is 9.55 Å². The predicted molar refractivity (Wildman–Crippen MR) is 117 cm³/mol. The molecule has 29 heavy (non-hydrogen) atoms. The van der Waals surface area contributed by atoms with Crippen LogP contribution in [0, 0.1) is 28.6 Å². The van der Waals surface area contributed by atoms with Crippen LogP contribution in [0.25, 0.3) is 0 Å². The third-order valence-electron chi connectivity index (χ3n) is 9.63. The number of thioether (sulfide) groups is 1. The molecule has 1 heterocycles. The van der Waals surface area contributed by atoms with Crippen LogP contribution < -0.4 is 0 Å². The van der Waals surface area contributed by atoms with Crippen LogP contribution in [0.3, 0.4) is 0 Å². The number of aliphatic hydroxyl groups excluding tert-OH is 1. The minimum atomic E-state index is -0.598. The van der Waals surface area contributed by atoms with E-state index >= 15 is 0 Å². The van der Waals surface area contributed by atoms with Crippen molar-refractivity contribution in [3.8, 4) is 0 Å². The normalized spacial score (nSPS) is 46.6. The molecule has 0 aliphatic heterocycles. The Morgan fingerprint density at radius 3 is 2.69 bits per heavy atom. The van der Waals surface area contributed by atoms with Gasteiger partial charge in [0, 0.05) is 30.6 Å². The molecular weight excluding hydrogens is 380 g/mol. The summed E-state index contributed by atoms with van der Waals surface area (Å²) < 4.78 is 2.05. The van der Waals surface area contributed by atoms with E-state index < -0.39 is 5.60 Å². The van der Waals surface area contributed by atoms with Gasteiger partial charge in [-0.25, -0.2) is 4.98 Å². The number of imidazole rings is 1. The van der Waals surface area contributed by atoms with Gasteiger partial charge in [0.2, 0.25) is 0 Å². The van der Waals surface area contributed by atoms with E-state index in [9.17, 15) is 10.2 Å². The van der Waals surface area contributed by atoms with Crippen LogP contribution in [0.2, 0.25) is 0 Å². The van der Waals surface area contributed by atoms with E-state index in [4.69, 9.17) is 0 Å². The molecule has 4 aliphatic carbocycles. The Morgan fingerprint density at radius 1 is 1.14 bits per heavy atom. The van der Waals surface area contributed by atoms with Gasteiger partial charge in [-0.15, -0.1) is 0 Å². The lowest BCUT2D eigenvalue weighted by Gasteiger charge is -2.59. The first kappa shape index (κ1) is 20.1. The van der Waals surface area contributed by atoms with Gasteiger partial charge in [-0.2, -0.15) is 0 Å². The van der Waals surface area contributed by atoms with E-state index in [0.717, 1.165) is 61.3 Å². The molecule has 2 N–H and O–H groups in total. The maximum absolute atomic E-state index is 11.9. The van der Waals surface area contributed by atoms with Crippen molar-refractivity contribution in [1.29, 1.82) is 0 Å². The molecule has 0 spiro atoms. The summed E-state index contributed by atoms with van der Waals surface area (Å²) in [6, 6.07) is 0. The standard InChI is InChI=1S/C24H36N2O2S/c1-22-9-6-17(27)14-16(22)4-5-18-19(22)7-10-23(2)20(18)8-11-24(23,28)15-29-21-25-12-13-26(21)3/h12-14,17-20,27-28H,4-11,15H2,1-3H3. The monoisotopic (exact) mass is 416 g/mol. The first-order valence-corrected chi connectivity index (χ1v) is 12.5. The van der Waals surface area contributed by atoms with Crippen LogP contribution in [-0.4, -0.2) is 37.2 Å². The van der Waals surface area contributed by atoms with Crippen molar-refractivity contribution in [3.05, 3.63) is 24.0 Å². The molecule has 0 amide bonds. The summed E-state index contributed by atoms with van der Waals surface area (Å²) in [7, 11) is 2.03. The fraction of sp³-hybridized carbons (Fsp3) is 0.792. The summed E-state index contributed by atoms with van der Waals surface area (Å²) in [6.07, 6.45) is 14.6. The van der Waals surface area contributed by atoms with Crippen molar-refractivity contribution in [2.24, 2.45) is 35.6 Å². The summed E-state index contributed by atoms with van der Waals surface area (Å²) in [5, 5.41) is 23.0. The summed E-state index contributed by atoms with van der Waals surface area (Å²) in [6.45, 7) is 4.86. The van der Waals surface area contributed by atoms with Gasteiger partial charge in [0.05, 0.1) is 11.7 Å². The summed E-state index contributed by atoms with van der Waals surface area (Å²) in [5.74, 6) is 2.81. The molecule has 4 aliphatic rings. The number of hydrogen-bond acceptors (Lipinski definition) is 4. The van der Waals surface area contributed by atoms with Gasteiger partial charge in [-0.05, 0) is 74.5 Å². The molecular formula is C24H36N2O2S. The number of aryl methyl sites for hydroxylation is 1. The number of nitrogens with zero attached hydrogens (tertiary/aromatic N) is 2. The van der Waals surface area contributed by atoms with Gasteiger partial charge in [-0.1, -0.05) is 37.3 Å². The van der Waals surface area contributed by atoms with Gasteiger partial charge < -0.3 is 14.8 Å². The van der Waals surface area contributed by atoms with Crippen LogP contribution >= 0.6 is 11.8 Å². The molecule has 1 aromatic heterocycles. The lowest BCUT2D eigenvalue weighted by atomic mass is 9.46. The maximum atomic E-state index is 11.9. The molecule has 0 bridgehead atoms. The fourth-order valence-electron chi connectivity index (χ4n) is 7.73. The Balaban J connectivity index is 1.38. The van der Waals surface area contributed by atoms with E-state index in [0.29, 0.717) is 5.92 Å². The highest BCUT2D eigenvalue weighted by molar-refractivity contribution is 7.99. The number of rotatable bonds is 3. The summed E-state index contributed by atoms with van der Waals surface area (Å²) in [5.41, 5.74) is 1.21. The van der Waals surface area contributed by atoms with Crippen LogP contribution in [0.15, 0.2) is 29.2 Å². The van der Waals surface area contributed by atoms with E-state index in [1.165, 1.54) is 18.4 Å². The van der Waals surface area contributed by atoms with Gasteiger partial charge >= 0.3 is 0 Å². The molecule has 0 radical (unpaired) electrons. The highest BCUT2D eigenvalue weighted by Gasteiger charge is 2.63. The number of aromatic nitrogens is 2. The zero-order valence-electron chi connectivity index (χ0n) is 18.1. The van der Waals surface area contributed by atoms with E-state index in [1.807, 2.05) is 24.0 Å². The number of hydrogen-bond donors (Lipinski definition) is 2. The largest absolute Gasteiger partial charge is 0.389 e. The highest BCUT2D eigenvalue weighted by Crippen LogP contribution is 2.68. The van der Waals surface area contributed by atoms with Crippen LogP contribution in [-0.2, 0) is 7.05 Å². The fourth-order valence-corrected chi connectivity index (χ4v) is 8.97. The molecule has 160 valence electrons. The minimum absolute atomic E-state index is 0.0120. The summed E-state index contributed by atoms with van der Waals surface area (Å²) >= 11 is 1.72. The Hall–Kier alpha value is -0.780. The Kier molecular flexibility index (Phi) is 4.77. The number of aliphatic hydroxyl groups is 2. The molecule has 7 atom stereocenters. The molecule has 3 saturated carbocycles. The van der Waals surface area contributed by atoms with Gasteiger partial charge in [0.25, 0.3) is 0 Å². The Bertz CT molecular complexity index is 822. The van der Waals surface area contributed by atoms with Crippen molar-refractivity contribution >= 4 is 11.8 Å². The average molecular weight is 417 g/mol. The van der Waals surface area contributed by atoms with E-state index in [-0.39, 0.29) is 16.9 Å². The second-order valence-electron chi connectivity index (χ2n) is 10.8. The Labute approximate surface area is 179 Å². The lowest BCUT2D eigenvalue weighted by molar-refractivity contribution is -0.116. The zero-order chi connectivity index (χ0) is 20.4. The van der Waals surface area contributed by atoms with Crippen molar-refractivity contribution in [2.75, 3.05) is 5.75 Å². The third kappa shape index (κ3) is 2.90. The van der Waals surface area contributed by atoms with Crippen molar-refractivity contribution in [3.63, 3.8) is 0 Å². The van der Waals surface area contributed by atoms with Gasteiger partial charge in [0.1, 0.15) is 0 Å². The first-order valence-electron chi connectivity index (χ1n) is 11.5. The second-order valence-corrected chi connectivity index (χ2v) is 11.7. The highest BCUT2D eigenvalue weighted by atomic mass is 32.2. The van der Waals surface area contributed by atoms with E-state index in [1.54, 1.807) is 11.8 Å². The van der Waals surface area contributed by atoms with Crippen LogP contribution in [0.1, 0.15) is 65.2 Å². The number of allylic oxidation sites excluding steroid dienone is 1. The number of fused-ring (bicyclic) bond motifs is 5. The Morgan fingerprint density at radius 2 is 1.93 bits per heavy atom. The molecule has 5 heteroatoms. The second kappa shape index (κ2) is 6.86. The molecule has 5 rings (SSSR count). The molecule has 3 fully saturated rings. The smallest absolute Gasteiger partial charge is 0.167 e. The summed E-state index contributed by atoms with van der Waals surface area (Å²) in [4.78, 5) is 4.45. The first-order chi connectivity index (χ1) is 13.8. The van der Waals surface area contributed by atoms with Crippen LogP contribution in [0.5, 0.6) is 0 Å². The van der Waals surface area contributed by atoms with Gasteiger partial charge in [-0.3, -0.25) is 0 Å². The molecule has 0 saturated heterocycles. The third-order valence-corrected chi connectivity index (χ3v) is 10.9. The zero-order valence-corrected chi connectivity index (χ0v) is 18.9. The van der Waals surface area contributed by atoms with Crippen molar-refractivity contribution < 1.29 is 10.2 Å².